The van der Waals surface area contributed by atoms with Crippen molar-refractivity contribution in [1.29, 1.82) is 0 Å². The first-order valence-electron chi connectivity index (χ1n) is 11.3. The van der Waals surface area contributed by atoms with Gasteiger partial charge in [0.2, 0.25) is 0 Å². The maximum Gasteiger partial charge on any atom is 0.419 e. The number of halogens is 6. The number of benzene rings is 3. The highest BCUT2D eigenvalue weighted by Crippen LogP contribution is 2.41. The van der Waals surface area contributed by atoms with Crippen LogP contribution in [0.3, 0.4) is 0 Å². The standard InChI is InChI=1S/C27H24F6O2/c1-2-3-17-4-6-18(7-5-17)19-8-11-21(12-9-19)35-26(29,30)15-14-20-10-13-22(23-16-34-23)25(28)24(20)27(31,32)33/h4-13,23H,2-3,14-16H2,1H3. The summed E-state index contributed by atoms with van der Waals surface area (Å²) in [5.74, 6) is -1.59. The zero-order valence-electron chi connectivity index (χ0n) is 19.0. The Labute approximate surface area is 199 Å². The molecule has 3 aromatic carbocycles. The normalized spacial score (nSPS) is 15.8. The predicted molar refractivity (Wildman–Crippen MR) is 120 cm³/mol. The van der Waals surface area contributed by atoms with E-state index in [9.17, 15) is 26.3 Å². The molecular formula is C27H24F6O2. The zero-order valence-corrected chi connectivity index (χ0v) is 19.0. The maximum absolute atomic E-state index is 14.5. The lowest BCUT2D eigenvalue weighted by molar-refractivity contribution is -0.180. The van der Waals surface area contributed by atoms with Gasteiger partial charge in [0.1, 0.15) is 17.7 Å². The molecule has 1 fully saturated rings. The van der Waals surface area contributed by atoms with E-state index in [0.717, 1.165) is 36.1 Å². The third kappa shape index (κ3) is 6.17. The fourth-order valence-electron chi connectivity index (χ4n) is 3.99. The van der Waals surface area contributed by atoms with Crippen LogP contribution >= 0.6 is 0 Å². The van der Waals surface area contributed by atoms with E-state index in [0.29, 0.717) is 0 Å². The third-order valence-electron chi connectivity index (χ3n) is 5.85. The van der Waals surface area contributed by atoms with Crippen LogP contribution in [0, 0.1) is 5.82 Å². The highest BCUT2D eigenvalue weighted by molar-refractivity contribution is 5.64. The maximum atomic E-state index is 14.5. The van der Waals surface area contributed by atoms with E-state index < -0.39 is 48.2 Å². The largest absolute Gasteiger partial charge is 0.433 e. The van der Waals surface area contributed by atoms with Crippen LogP contribution < -0.4 is 4.74 Å². The van der Waals surface area contributed by atoms with E-state index in [1.807, 2.05) is 24.3 Å². The van der Waals surface area contributed by atoms with Gasteiger partial charge in [-0.05, 0) is 47.2 Å². The molecule has 0 aromatic heterocycles. The fourth-order valence-corrected chi connectivity index (χ4v) is 3.99. The Hall–Kier alpha value is -3.00. The van der Waals surface area contributed by atoms with E-state index >= 15 is 0 Å². The summed E-state index contributed by atoms with van der Waals surface area (Å²) < 4.78 is 93.5. The zero-order chi connectivity index (χ0) is 25.2. The van der Waals surface area contributed by atoms with Gasteiger partial charge in [0.25, 0.3) is 0 Å². The Balaban J connectivity index is 1.43. The van der Waals surface area contributed by atoms with Crippen LogP contribution in [0.5, 0.6) is 5.75 Å². The van der Waals surface area contributed by atoms with Crippen molar-refractivity contribution in [1.82, 2.24) is 0 Å². The summed E-state index contributed by atoms with van der Waals surface area (Å²) in [6.45, 7) is 2.22. The van der Waals surface area contributed by atoms with Gasteiger partial charge in [0, 0.05) is 5.56 Å². The van der Waals surface area contributed by atoms with Crippen molar-refractivity contribution >= 4 is 0 Å². The van der Waals surface area contributed by atoms with Gasteiger partial charge in [0.05, 0.1) is 18.6 Å². The van der Waals surface area contributed by atoms with E-state index in [2.05, 4.69) is 6.92 Å². The van der Waals surface area contributed by atoms with Crippen molar-refractivity contribution in [3.63, 3.8) is 0 Å². The van der Waals surface area contributed by atoms with Crippen LogP contribution in [-0.2, 0) is 23.8 Å². The Kier molecular flexibility index (Phi) is 7.12. The molecule has 35 heavy (non-hydrogen) atoms. The lowest BCUT2D eigenvalue weighted by Crippen LogP contribution is -2.26. The third-order valence-corrected chi connectivity index (χ3v) is 5.85. The van der Waals surface area contributed by atoms with Gasteiger partial charge in [-0.2, -0.15) is 22.0 Å². The van der Waals surface area contributed by atoms with Gasteiger partial charge in [-0.3, -0.25) is 0 Å². The second-order valence-corrected chi connectivity index (χ2v) is 8.53. The molecule has 0 N–H and O–H groups in total. The first-order valence-corrected chi connectivity index (χ1v) is 11.3. The number of ether oxygens (including phenoxy) is 2. The van der Waals surface area contributed by atoms with Crippen LogP contribution in [0.2, 0.25) is 0 Å². The smallest absolute Gasteiger partial charge is 0.419 e. The lowest BCUT2D eigenvalue weighted by Gasteiger charge is -2.20. The monoisotopic (exact) mass is 494 g/mol. The molecule has 1 saturated heterocycles. The number of hydrogen-bond donors (Lipinski definition) is 0. The Morgan fingerprint density at radius 2 is 1.46 bits per heavy atom. The Bertz CT molecular complexity index is 1150. The molecular weight excluding hydrogens is 470 g/mol. The highest BCUT2D eigenvalue weighted by Gasteiger charge is 2.41. The first kappa shape index (κ1) is 25.1. The number of epoxide rings is 1. The molecule has 0 radical (unpaired) electrons. The van der Waals surface area contributed by atoms with E-state index in [1.54, 1.807) is 12.1 Å². The van der Waals surface area contributed by atoms with Crippen molar-refractivity contribution in [3.8, 4) is 16.9 Å². The van der Waals surface area contributed by atoms with Crippen molar-refractivity contribution in [3.05, 3.63) is 88.7 Å². The molecule has 1 aliphatic heterocycles. The SMILES string of the molecule is CCCc1ccc(-c2ccc(OC(F)(F)CCc3ccc(C4CO4)c(F)c3C(F)(F)F)cc2)cc1. The van der Waals surface area contributed by atoms with Gasteiger partial charge in [-0.15, -0.1) is 0 Å². The number of rotatable bonds is 9. The average molecular weight is 494 g/mol. The molecule has 2 nitrogen and oxygen atoms in total. The predicted octanol–water partition coefficient (Wildman–Crippen LogP) is 8.14. The quantitative estimate of drug-likeness (QED) is 0.221. The van der Waals surface area contributed by atoms with Crippen molar-refractivity contribution in [2.45, 2.75) is 51.0 Å². The number of aryl methyl sites for hydroxylation is 2. The minimum absolute atomic E-state index is 0.121. The number of alkyl halides is 5. The summed E-state index contributed by atoms with van der Waals surface area (Å²) in [5, 5.41) is 0. The first-order chi connectivity index (χ1) is 16.6. The molecule has 1 aliphatic rings. The van der Waals surface area contributed by atoms with Crippen LogP contribution in [0.25, 0.3) is 11.1 Å². The van der Waals surface area contributed by atoms with Crippen LogP contribution in [0.4, 0.5) is 26.3 Å². The van der Waals surface area contributed by atoms with Crippen molar-refractivity contribution in [2.24, 2.45) is 0 Å². The van der Waals surface area contributed by atoms with Crippen LogP contribution in [0.15, 0.2) is 60.7 Å². The lowest BCUT2D eigenvalue weighted by atomic mass is 9.97. The summed E-state index contributed by atoms with van der Waals surface area (Å²) in [5.41, 5.74) is 0.642. The molecule has 0 amide bonds. The van der Waals surface area contributed by atoms with Gasteiger partial charge in [0.15, 0.2) is 0 Å². The highest BCUT2D eigenvalue weighted by atomic mass is 19.4. The summed E-state index contributed by atoms with van der Waals surface area (Å²) in [6, 6.07) is 16.2. The second-order valence-electron chi connectivity index (χ2n) is 8.53. The molecule has 4 rings (SSSR count). The summed E-state index contributed by atoms with van der Waals surface area (Å²) in [6.07, 6.45) is -9.26. The summed E-state index contributed by atoms with van der Waals surface area (Å²) in [4.78, 5) is 0. The van der Waals surface area contributed by atoms with Gasteiger partial charge >= 0.3 is 12.3 Å². The van der Waals surface area contributed by atoms with Crippen molar-refractivity contribution in [2.75, 3.05) is 6.61 Å². The molecule has 3 aromatic rings. The molecule has 186 valence electrons. The van der Waals surface area contributed by atoms with Gasteiger partial charge in [-0.25, -0.2) is 4.39 Å². The fraction of sp³-hybridized carbons (Fsp3) is 0.333. The Morgan fingerprint density at radius 3 is 2.00 bits per heavy atom. The minimum Gasteiger partial charge on any atom is -0.433 e. The molecule has 1 unspecified atom stereocenters. The molecule has 0 spiro atoms. The van der Waals surface area contributed by atoms with Gasteiger partial charge in [-0.1, -0.05) is 61.9 Å². The van der Waals surface area contributed by atoms with E-state index in [4.69, 9.17) is 9.47 Å². The average Bonchev–Trinajstić information content (AvgIpc) is 3.63. The van der Waals surface area contributed by atoms with E-state index in [-0.39, 0.29) is 17.9 Å². The van der Waals surface area contributed by atoms with Crippen LogP contribution in [0.1, 0.15) is 48.1 Å². The van der Waals surface area contributed by atoms with E-state index in [1.165, 1.54) is 17.7 Å². The molecule has 8 heteroatoms. The summed E-state index contributed by atoms with van der Waals surface area (Å²) in [7, 11) is 0. The molecule has 0 saturated carbocycles. The second kappa shape index (κ2) is 9.93. The molecule has 1 heterocycles. The Morgan fingerprint density at radius 1 is 0.857 bits per heavy atom. The topological polar surface area (TPSA) is 21.8 Å². The number of hydrogen-bond acceptors (Lipinski definition) is 2. The van der Waals surface area contributed by atoms with Crippen molar-refractivity contribution < 1.29 is 35.8 Å². The minimum atomic E-state index is -5.02. The molecule has 1 atom stereocenters. The van der Waals surface area contributed by atoms with Crippen LogP contribution in [-0.4, -0.2) is 12.7 Å². The molecule has 0 bridgehead atoms. The summed E-state index contributed by atoms with van der Waals surface area (Å²) >= 11 is 0. The molecule has 0 aliphatic carbocycles. The van der Waals surface area contributed by atoms with Gasteiger partial charge < -0.3 is 9.47 Å².